The largest absolute Gasteiger partial charge is 0.341 e. The molecule has 0 radical (unpaired) electrons. The van der Waals surface area contributed by atoms with Crippen LogP contribution in [0.1, 0.15) is 25.3 Å². The van der Waals surface area contributed by atoms with E-state index in [0.717, 1.165) is 23.6 Å². The van der Waals surface area contributed by atoms with Crippen LogP contribution in [0.25, 0.3) is 0 Å². The molecule has 0 saturated carbocycles. The van der Waals surface area contributed by atoms with Crippen molar-refractivity contribution < 1.29 is 9.72 Å². The van der Waals surface area contributed by atoms with E-state index in [4.69, 9.17) is 0 Å². The van der Waals surface area contributed by atoms with Gasteiger partial charge in [0.15, 0.2) is 0 Å². The summed E-state index contributed by atoms with van der Waals surface area (Å²) < 4.78 is 1.13. The number of hydrogen-bond acceptors (Lipinski definition) is 4. The maximum Gasteiger partial charge on any atom is 0.286 e. The second-order valence-electron chi connectivity index (χ2n) is 5.63. The molecule has 1 aliphatic heterocycles. The van der Waals surface area contributed by atoms with Gasteiger partial charge < -0.3 is 4.90 Å². The summed E-state index contributed by atoms with van der Waals surface area (Å²) in [6, 6.07) is 1.23. The highest BCUT2D eigenvalue weighted by Gasteiger charge is 2.21. The molecule has 1 aliphatic rings. The zero-order valence-electron chi connectivity index (χ0n) is 12.2. The third kappa shape index (κ3) is 3.48. The van der Waals surface area contributed by atoms with Crippen molar-refractivity contribution in [2.24, 2.45) is 5.92 Å². The molecule has 7 nitrogen and oxygen atoms in total. The van der Waals surface area contributed by atoms with Gasteiger partial charge in [0.1, 0.15) is 6.54 Å². The summed E-state index contributed by atoms with van der Waals surface area (Å²) in [5.74, 6) is 0.445. The fourth-order valence-electron chi connectivity index (χ4n) is 2.49. The molecule has 1 saturated heterocycles. The first kappa shape index (κ1) is 15.2. The van der Waals surface area contributed by atoms with Crippen LogP contribution in [0.2, 0.25) is 0 Å². The lowest BCUT2D eigenvalue weighted by molar-refractivity contribution is -0.385. The molecule has 0 atom stereocenters. The van der Waals surface area contributed by atoms with Crippen molar-refractivity contribution in [3.8, 4) is 0 Å². The zero-order valence-corrected chi connectivity index (χ0v) is 12.2. The van der Waals surface area contributed by atoms with Crippen LogP contribution in [0, 0.1) is 23.0 Å². The van der Waals surface area contributed by atoms with Gasteiger partial charge in [-0.3, -0.25) is 24.3 Å². The van der Waals surface area contributed by atoms with Gasteiger partial charge in [-0.2, -0.15) is 0 Å². The molecule has 1 amide bonds. The Morgan fingerprint density at radius 2 is 2.05 bits per heavy atom. The second-order valence-corrected chi connectivity index (χ2v) is 5.63. The first-order chi connectivity index (χ1) is 9.88. The summed E-state index contributed by atoms with van der Waals surface area (Å²) >= 11 is 0. The molecule has 0 N–H and O–H groups in total. The minimum atomic E-state index is -0.560. The molecule has 0 aromatic carbocycles. The molecule has 1 aromatic heterocycles. The Bertz CT molecular complexity index is 615. The number of pyridine rings is 1. The van der Waals surface area contributed by atoms with E-state index in [2.05, 4.69) is 6.92 Å². The van der Waals surface area contributed by atoms with Crippen molar-refractivity contribution in [1.29, 1.82) is 0 Å². The summed E-state index contributed by atoms with van der Waals surface area (Å²) in [6.07, 6.45) is 3.04. The monoisotopic (exact) mass is 293 g/mol. The van der Waals surface area contributed by atoms with Crippen molar-refractivity contribution in [1.82, 2.24) is 9.47 Å². The van der Waals surface area contributed by atoms with Crippen LogP contribution < -0.4 is 5.56 Å². The van der Waals surface area contributed by atoms with E-state index in [9.17, 15) is 19.7 Å². The molecule has 0 unspecified atom stereocenters. The minimum absolute atomic E-state index is 0.143. The van der Waals surface area contributed by atoms with Crippen LogP contribution in [0.5, 0.6) is 0 Å². The third-order valence-electron chi connectivity index (χ3n) is 3.90. The highest BCUT2D eigenvalue weighted by Crippen LogP contribution is 2.16. The number of likely N-dealkylation sites (tertiary alicyclic amines) is 1. The summed E-state index contributed by atoms with van der Waals surface area (Å²) in [5, 5.41) is 10.8. The number of nitro groups is 1. The number of amides is 1. The molecule has 0 bridgehead atoms. The van der Waals surface area contributed by atoms with Gasteiger partial charge in [-0.1, -0.05) is 6.92 Å². The van der Waals surface area contributed by atoms with E-state index >= 15 is 0 Å². The summed E-state index contributed by atoms with van der Waals surface area (Å²) in [7, 11) is 0. The second kappa shape index (κ2) is 6.07. The molecule has 1 aromatic rings. The molecule has 2 rings (SSSR count). The molecule has 21 heavy (non-hydrogen) atoms. The van der Waals surface area contributed by atoms with Gasteiger partial charge in [0, 0.05) is 24.7 Å². The lowest BCUT2D eigenvalue weighted by atomic mass is 9.99. The lowest BCUT2D eigenvalue weighted by Crippen LogP contribution is -2.41. The smallest absolute Gasteiger partial charge is 0.286 e. The third-order valence-corrected chi connectivity index (χ3v) is 3.90. The van der Waals surface area contributed by atoms with E-state index in [0.29, 0.717) is 19.0 Å². The van der Waals surface area contributed by atoms with Crippen molar-refractivity contribution in [3.05, 3.63) is 38.3 Å². The first-order valence-corrected chi connectivity index (χ1v) is 7.01. The SMILES string of the molecule is Cc1cc([N+](=O)[O-])cn(CC(=O)N2CCC(C)CC2)c1=O. The van der Waals surface area contributed by atoms with E-state index < -0.39 is 4.92 Å². The number of piperidine rings is 1. The van der Waals surface area contributed by atoms with Gasteiger partial charge in [0.25, 0.3) is 11.2 Å². The standard InChI is InChI=1S/C14H19N3O4/c1-10-3-5-15(6-4-10)13(18)9-16-8-12(17(20)21)7-11(2)14(16)19/h7-8,10H,3-6,9H2,1-2H3. The van der Waals surface area contributed by atoms with Crippen LogP contribution in [0.15, 0.2) is 17.1 Å². The predicted molar refractivity (Wildman–Crippen MR) is 77.1 cm³/mol. The quantitative estimate of drug-likeness (QED) is 0.621. The first-order valence-electron chi connectivity index (χ1n) is 7.01. The summed E-state index contributed by atoms with van der Waals surface area (Å²) in [5.41, 5.74) is -0.268. The highest BCUT2D eigenvalue weighted by atomic mass is 16.6. The van der Waals surface area contributed by atoms with Gasteiger partial charge in [-0.05, 0) is 25.7 Å². The van der Waals surface area contributed by atoms with Gasteiger partial charge in [0.2, 0.25) is 5.91 Å². The Kier molecular flexibility index (Phi) is 4.40. The average molecular weight is 293 g/mol. The lowest BCUT2D eigenvalue weighted by Gasteiger charge is -2.30. The molecular weight excluding hydrogens is 274 g/mol. The van der Waals surface area contributed by atoms with E-state index in [-0.39, 0.29) is 29.3 Å². The Morgan fingerprint density at radius 3 is 2.62 bits per heavy atom. The minimum Gasteiger partial charge on any atom is -0.341 e. The van der Waals surface area contributed by atoms with Gasteiger partial charge >= 0.3 is 0 Å². The maximum atomic E-state index is 12.2. The molecule has 7 heteroatoms. The predicted octanol–water partition coefficient (Wildman–Crippen LogP) is 1.32. The Hall–Kier alpha value is -2.18. The molecule has 0 aliphatic carbocycles. The molecule has 1 fully saturated rings. The number of aryl methyl sites for hydroxylation is 1. The fourth-order valence-corrected chi connectivity index (χ4v) is 2.49. The summed E-state index contributed by atoms with van der Waals surface area (Å²) in [4.78, 5) is 36.2. The van der Waals surface area contributed by atoms with Gasteiger partial charge in [-0.15, -0.1) is 0 Å². The van der Waals surface area contributed by atoms with Gasteiger partial charge in [0.05, 0.1) is 11.1 Å². The normalized spacial score (nSPS) is 16.0. The van der Waals surface area contributed by atoms with Crippen molar-refractivity contribution in [2.75, 3.05) is 13.1 Å². The van der Waals surface area contributed by atoms with Crippen molar-refractivity contribution in [2.45, 2.75) is 33.2 Å². The molecule has 0 spiro atoms. The summed E-state index contributed by atoms with van der Waals surface area (Å²) in [6.45, 7) is 4.89. The van der Waals surface area contributed by atoms with E-state index in [1.807, 2.05) is 0 Å². The van der Waals surface area contributed by atoms with Crippen LogP contribution in [-0.2, 0) is 11.3 Å². The molecule has 114 valence electrons. The number of carbonyl (C=O) groups excluding carboxylic acids is 1. The number of carbonyl (C=O) groups is 1. The fraction of sp³-hybridized carbons (Fsp3) is 0.571. The zero-order chi connectivity index (χ0) is 15.6. The van der Waals surface area contributed by atoms with Gasteiger partial charge in [-0.25, -0.2) is 0 Å². The Morgan fingerprint density at radius 1 is 1.43 bits per heavy atom. The van der Waals surface area contributed by atoms with Crippen LogP contribution in [0.3, 0.4) is 0 Å². The Labute approximate surface area is 122 Å². The van der Waals surface area contributed by atoms with Crippen LogP contribution >= 0.6 is 0 Å². The highest BCUT2D eigenvalue weighted by molar-refractivity contribution is 5.76. The van der Waals surface area contributed by atoms with Crippen molar-refractivity contribution >= 4 is 11.6 Å². The van der Waals surface area contributed by atoms with Crippen molar-refractivity contribution in [3.63, 3.8) is 0 Å². The topological polar surface area (TPSA) is 85.4 Å². The number of nitrogens with zero attached hydrogens (tertiary/aromatic N) is 3. The number of rotatable bonds is 3. The molecule has 2 heterocycles. The van der Waals surface area contributed by atoms with Crippen LogP contribution in [0.4, 0.5) is 5.69 Å². The number of hydrogen-bond donors (Lipinski definition) is 0. The maximum absolute atomic E-state index is 12.2. The number of aromatic nitrogens is 1. The Balaban J connectivity index is 2.17. The average Bonchev–Trinajstić information content (AvgIpc) is 2.44. The van der Waals surface area contributed by atoms with Crippen LogP contribution in [-0.4, -0.2) is 33.4 Å². The van der Waals surface area contributed by atoms with E-state index in [1.54, 1.807) is 4.90 Å². The van der Waals surface area contributed by atoms with E-state index in [1.165, 1.54) is 13.0 Å². The molecular formula is C14H19N3O4.